The van der Waals surface area contributed by atoms with Gasteiger partial charge in [0.25, 0.3) is 5.91 Å². The second-order valence-corrected chi connectivity index (χ2v) is 9.19. The van der Waals surface area contributed by atoms with Crippen LogP contribution in [0.25, 0.3) is 0 Å². The lowest BCUT2D eigenvalue weighted by molar-refractivity contribution is -0.136. The zero-order valence-corrected chi connectivity index (χ0v) is 19.0. The maximum atomic E-state index is 13.9. The smallest absolute Gasteiger partial charge is 0.257 e. The van der Waals surface area contributed by atoms with Gasteiger partial charge in [0.1, 0.15) is 17.1 Å². The minimum Gasteiger partial charge on any atom is -0.438 e. The number of benzene rings is 1. The lowest BCUT2D eigenvalue weighted by atomic mass is 9.89. The van der Waals surface area contributed by atoms with E-state index in [9.17, 15) is 14.0 Å². The van der Waals surface area contributed by atoms with E-state index < -0.39 is 11.7 Å². The molecule has 1 saturated carbocycles. The first-order valence-electron chi connectivity index (χ1n) is 11.1. The summed E-state index contributed by atoms with van der Waals surface area (Å²) in [6, 6.07) is 8.83. The van der Waals surface area contributed by atoms with E-state index in [1.54, 1.807) is 17.8 Å². The number of pyridine rings is 1. The van der Waals surface area contributed by atoms with E-state index in [-0.39, 0.29) is 29.4 Å². The van der Waals surface area contributed by atoms with E-state index in [4.69, 9.17) is 4.74 Å². The third-order valence-electron chi connectivity index (χ3n) is 6.15. The van der Waals surface area contributed by atoms with Crippen LogP contribution < -0.4 is 10.1 Å². The summed E-state index contributed by atoms with van der Waals surface area (Å²) in [6.07, 6.45) is 9.00. The molecule has 2 fully saturated rings. The van der Waals surface area contributed by atoms with E-state index in [2.05, 4.69) is 10.3 Å². The fourth-order valence-corrected chi connectivity index (χ4v) is 4.90. The van der Waals surface area contributed by atoms with Gasteiger partial charge in [-0.05, 0) is 69.0 Å². The summed E-state index contributed by atoms with van der Waals surface area (Å²) in [5, 5.41) is 3.01. The van der Waals surface area contributed by atoms with Gasteiger partial charge in [0.05, 0.1) is 6.20 Å². The van der Waals surface area contributed by atoms with Crippen molar-refractivity contribution in [3.8, 4) is 11.6 Å². The van der Waals surface area contributed by atoms with Crippen LogP contribution >= 0.6 is 11.8 Å². The molecule has 1 aliphatic carbocycles. The molecule has 32 heavy (non-hydrogen) atoms. The third kappa shape index (κ3) is 5.41. The molecule has 0 radical (unpaired) electrons. The van der Waals surface area contributed by atoms with Crippen LogP contribution in [-0.4, -0.2) is 46.6 Å². The highest BCUT2D eigenvalue weighted by Crippen LogP contribution is 2.29. The maximum Gasteiger partial charge on any atom is 0.257 e. The zero-order chi connectivity index (χ0) is 22.5. The molecule has 1 N–H and O–H groups in total. The molecule has 0 atom stereocenters. The minimum absolute atomic E-state index is 0.0189. The summed E-state index contributed by atoms with van der Waals surface area (Å²) in [6.45, 7) is 0.841. The van der Waals surface area contributed by atoms with E-state index in [0.29, 0.717) is 12.2 Å². The van der Waals surface area contributed by atoms with Gasteiger partial charge in [-0.1, -0.05) is 6.07 Å². The fraction of sp³-hybridized carbons (Fsp3) is 0.458. The van der Waals surface area contributed by atoms with Gasteiger partial charge in [-0.15, -0.1) is 11.8 Å². The SMILES string of the molecule is CSc1cccc(Oc2ncc(F)cc2C(=O)N[C@H]2CC[C@H](N3CCCCC3=O)CC2)c1. The van der Waals surface area contributed by atoms with Gasteiger partial charge in [-0.3, -0.25) is 9.59 Å². The number of hydrogen-bond acceptors (Lipinski definition) is 5. The van der Waals surface area contributed by atoms with Gasteiger partial charge >= 0.3 is 0 Å². The van der Waals surface area contributed by atoms with Crippen molar-refractivity contribution in [2.24, 2.45) is 0 Å². The predicted molar refractivity (Wildman–Crippen MR) is 122 cm³/mol. The van der Waals surface area contributed by atoms with Crippen LogP contribution in [0.2, 0.25) is 0 Å². The monoisotopic (exact) mass is 457 g/mol. The third-order valence-corrected chi connectivity index (χ3v) is 6.88. The largest absolute Gasteiger partial charge is 0.438 e. The van der Waals surface area contributed by atoms with Crippen molar-refractivity contribution in [3.63, 3.8) is 0 Å². The molecule has 1 saturated heterocycles. The van der Waals surface area contributed by atoms with Gasteiger partial charge < -0.3 is 15.0 Å². The number of hydrogen-bond donors (Lipinski definition) is 1. The number of rotatable bonds is 6. The number of thioether (sulfide) groups is 1. The summed E-state index contributed by atoms with van der Waals surface area (Å²) < 4.78 is 19.7. The number of amides is 2. The normalized spacial score (nSPS) is 21.3. The van der Waals surface area contributed by atoms with E-state index in [1.807, 2.05) is 29.4 Å². The van der Waals surface area contributed by atoms with Crippen LogP contribution in [0.1, 0.15) is 55.3 Å². The van der Waals surface area contributed by atoms with Crippen LogP contribution in [-0.2, 0) is 4.79 Å². The first-order chi connectivity index (χ1) is 15.5. The Balaban J connectivity index is 1.40. The van der Waals surface area contributed by atoms with E-state index >= 15 is 0 Å². The van der Waals surface area contributed by atoms with Gasteiger partial charge in [0.15, 0.2) is 0 Å². The molecular weight excluding hydrogens is 429 g/mol. The van der Waals surface area contributed by atoms with Gasteiger partial charge in [0.2, 0.25) is 11.8 Å². The molecule has 0 spiro atoms. The highest BCUT2D eigenvalue weighted by Gasteiger charge is 2.31. The number of aromatic nitrogens is 1. The molecule has 1 aromatic heterocycles. The molecule has 6 nitrogen and oxygen atoms in total. The van der Waals surface area contributed by atoms with Crippen LogP contribution in [0, 0.1) is 5.82 Å². The lowest BCUT2D eigenvalue weighted by Crippen LogP contribution is -2.47. The number of ether oxygens (including phenoxy) is 1. The quantitative estimate of drug-likeness (QED) is 0.632. The van der Waals surface area contributed by atoms with Crippen LogP contribution in [0.4, 0.5) is 4.39 Å². The number of likely N-dealkylation sites (tertiary alicyclic amines) is 1. The number of nitrogens with zero attached hydrogens (tertiary/aromatic N) is 2. The molecular formula is C24H28FN3O3S. The van der Waals surface area contributed by atoms with Crippen LogP contribution in [0.15, 0.2) is 41.4 Å². The lowest BCUT2D eigenvalue weighted by Gasteiger charge is -2.39. The van der Waals surface area contributed by atoms with Crippen LogP contribution in [0.5, 0.6) is 11.6 Å². The Morgan fingerprint density at radius 3 is 2.78 bits per heavy atom. The average Bonchev–Trinajstić information content (AvgIpc) is 2.81. The summed E-state index contributed by atoms with van der Waals surface area (Å²) in [5.41, 5.74) is 0.0767. The Bertz CT molecular complexity index is 979. The molecule has 1 aromatic carbocycles. The molecule has 2 aliphatic rings. The summed E-state index contributed by atoms with van der Waals surface area (Å²) >= 11 is 1.58. The molecule has 0 bridgehead atoms. The molecule has 170 valence electrons. The van der Waals surface area contributed by atoms with Gasteiger partial charge in [-0.2, -0.15) is 0 Å². The van der Waals surface area contributed by atoms with Crippen molar-refractivity contribution in [2.75, 3.05) is 12.8 Å². The summed E-state index contributed by atoms with van der Waals surface area (Å²) in [5.74, 6) is -0.119. The first kappa shape index (κ1) is 22.6. The number of nitrogens with one attached hydrogen (secondary N) is 1. The van der Waals surface area contributed by atoms with Crippen molar-refractivity contribution < 1.29 is 18.7 Å². The molecule has 0 unspecified atom stereocenters. The standard InChI is InChI=1S/C24H28FN3O3S/c1-32-20-6-4-5-19(14-20)31-24-21(13-16(25)15-26-24)23(30)27-17-8-10-18(11-9-17)28-12-3-2-7-22(28)29/h4-6,13-15,17-18H,2-3,7-12H2,1H3,(H,27,30)/t17-,18-. The number of piperidine rings is 1. The molecule has 1 aliphatic heterocycles. The van der Waals surface area contributed by atoms with Crippen molar-refractivity contribution in [1.82, 2.24) is 15.2 Å². The molecule has 2 amide bonds. The van der Waals surface area contributed by atoms with Gasteiger partial charge in [-0.25, -0.2) is 9.37 Å². The Morgan fingerprint density at radius 1 is 1.22 bits per heavy atom. The number of carbonyl (C=O) groups excluding carboxylic acids is 2. The Kier molecular flexibility index (Phi) is 7.29. The Labute approximate surface area is 191 Å². The summed E-state index contributed by atoms with van der Waals surface area (Å²) in [7, 11) is 0. The Hall–Kier alpha value is -2.61. The van der Waals surface area contributed by atoms with Crippen LogP contribution in [0.3, 0.4) is 0 Å². The van der Waals surface area contributed by atoms with Crippen molar-refractivity contribution in [1.29, 1.82) is 0 Å². The second kappa shape index (κ2) is 10.3. The van der Waals surface area contributed by atoms with E-state index in [1.165, 1.54) is 0 Å². The van der Waals surface area contributed by atoms with Crippen molar-refractivity contribution >= 4 is 23.6 Å². The highest BCUT2D eigenvalue weighted by molar-refractivity contribution is 7.98. The molecule has 2 heterocycles. The first-order valence-corrected chi connectivity index (χ1v) is 12.3. The maximum absolute atomic E-state index is 13.9. The molecule has 8 heteroatoms. The average molecular weight is 458 g/mol. The van der Waals surface area contributed by atoms with Crippen molar-refractivity contribution in [3.05, 3.63) is 47.9 Å². The minimum atomic E-state index is -0.590. The zero-order valence-electron chi connectivity index (χ0n) is 18.2. The number of carbonyl (C=O) groups is 2. The highest BCUT2D eigenvalue weighted by atomic mass is 32.2. The summed E-state index contributed by atoms with van der Waals surface area (Å²) in [4.78, 5) is 32.2. The Morgan fingerprint density at radius 2 is 2.03 bits per heavy atom. The topological polar surface area (TPSA) is 71.5 Å². The molecule has 4 rings (SSSR count). The van der Waals surface area contributed by atoms with Gasteiger partial charge in [0, 0.05) is 29.9 Å². The van der Waals surface area contributed by atoms with Crippen molar-refractivity contribution in [2.45, 2.75) is 61.9 Å². The second-order valence-electron chi connectivity index (χ2n) is 8.31. The predicted octanol–water partition coefficient (Wildman–Crippen LogP) is 4.79. The van der Waals surface area contributed by atoms with E-state index in [0.717, 1.165) is 62.2 Å². The molecule has 2 aromatic rings. The number of halogens is 1. The fourth-order valence-electron chi connectivity index (χ4n) is 4.45.